The molecule has 1 heterocycles. The van der Waals surface area contributed by atoms with Crippen LogP contribution < -0.4 is 0 Å². The number of rotatable bonds is 0. The highest BCUT2D eigenvalue weighted by Gasteiger charge is 2.15. The summed E-state index contributed by atoms with van der Waals surface area (Å²) in [6.45, 7) is 5.13. The van der Waals surface area contributed by atoms with Crippen LogP contribution in [0.3, 0.4) is 0 Å². The molecule has 0 spiro atoms. The van der Waals surface area contributed by atoms with Crippen LogP contribution in [0.25, 0.3) is 0 Å². The van der Waals surface area contributed by atoms with Crippen molar-refractivity contribution in [1.82, 2.24) is 0 Å². The molecule has 0 saturated carbocycles. The Hall–Kier alpha value is -0.820. The van der Waals surface area contributed by atoms with E-state index in [1.165, 1.54) is 16.7 Å². The molecule has 0 bridgehead atoms. The lowest BCUT2D eigenvalue weighted by Gasteiger charge is -2.23. The van der Waals surface area contributed by atoms with Crippen molar-refractivity contribution in [2.75, 3.05) is 6.61 Å². The number of hydrogen-bond acceptors (Lipinski definition) is 1. The standard InChI is InChI=1S/C11H14O/c1-8-3-4-11-9(2)12-6-5-10(11)7-8/h3-4,7,9H,5-6H2,1-2H3. The highest BCUT2D eigenvalue weighted by Crippen LogP contribution is 2.26. The van der Waals surface area contributed by atoms with E-state index in [1.54, 1.807) is 0 Å². The lowest BCUT2D eigenvalue weighted by molar-refractivity contribution is 0.0555. The van der Waals surface area contributed by atoms with Gasteiger partial charge in [-0.15, -0.1) is 0 Å². The van der Waals surface area contributed by atoms with Crippen LogP contribution in [-0.2, 0) is 11.2 Å². The van der Waals surface area contributed by atoms with Gasteiger partial charge in [-0.1, -0.05) is 23.8 Å². The molecule has 1 nitrogen and oxygen atoms in total. The first kappa shape index (κ1) is 7.81. The number of ether oxygens (including phenoxy) is 1. The van der Waals surface area contributed by atoms with Gasteiger partial charge in [-0.2, -0.15) is 0 Å². The van der Waals surface area contributed by atoms with Crippen molar-refractivity contribution in [2.24, 2.45) is 0 Å². The molecule has 0 amide bonds. The fourth-order valence-electron chi connectivity index (χ4n) is 1.78. The van der Waals surface area contributed by atoms with Gasteiger partial charge in [0.1, 0.15) is 0 Å². The van der Waals surface area contributed by atoms with Crippen LogP contribution >= 0.6 is 0 Å². The highest BCUT2D eigenvalue weighted by molar-refractivity contribution is 5.34. The van der Waals surface area contributed by atoms with Gasteiger partial charge in [0, 0.05) is 0 Å². The Labute approximate surface area is 73.4 Å². The van der Waals surface area contributed by atoms with Crippen molar-refractivity contribution >= 4 is 0 Å². The van der Waals surface area contributed by atoms with E-state index in [9.17, 15) is 0 Å². The Morgan fingerprint density at radius 2 is 2.25 bits per heavy atom. The third kappa shape index (κ3) is 1.25. The lowest BCUT2D eigenvalue weighted by Crippen LogP contribution is -2.13. The van der Waals surface area contributed by atoms with Crippen LogP contribution in [0.1, 0.15) is 29.7 Å². The molecule has 1 aliphatic rings. The van der Waals surface area contributed by atoms with E-state index < -0.39 is 0 Å². The minimum absolute atomic E-state index is 0.286. The van der Waals surface area contributed by atoms with Gasteiger partial charge in [-0.3, -0.25) is 0 Å². The van der Waals surface area contributed by atoms with E-state index in [0.717, 1.165) is 13.0 Å². The van der Waals surface area contributed by atoms with Gasteiger partial charge in [0.2, 0.25) is 0 Å². The summed E-state index contributed by atoms with van der Waals surface area (Å²) in [6, 6.07) is 6.62. The molecule has 1 aliphatic heterocycles. The predicted octanol–water partition coefficient (Wildman–Crippen LogP) is 2.63. The second kappa shape index (κ2) is 2.91. The Kier molecular flexibility index (Phi) is 1.89. The largest absolute Gasteiger partial charge is 0.373 e. The maximum atomic E-state index is 5.54. The van der Waals surface area contributed by atoms with Crippen molar-refractivity contribution < 1.29 is 4.74 Å². The smallest absolute Gasteiger partial charge is 0.0799 e. The summed E-state index contributed by atoms with van der Waals surface area (Å²) in [5, 5.41) is 0. The summed E-state index contributed by atoms with van der Waals surface area (Å²) < 4.78 is 5.54. The third-order valence-electron chi connectivity index (χ3n) is 2.48. The molecule has 0 N–H and O–H groups in total. The molecule has 1 aromatic rings. The summed E-state index contributed by atoms with van der Waals surface area (Å²) >= 11 is 0. The molecule has 1 atom stereocenters. The molecule has 0 saturated heterocycles. The van der Waals surface area contributed by atoms with Gasteiger partial charge in [-0.05, 0) is 31.4 Å². The molecular weight excluding hydrogens is 148 g/mol. The number of benzene rings is 1. The molecule has 1 unspecified atom stereocenters. The number of hydrogen-bond donors (Lipinski definition) is 0. The lowest BCUT2D eigenvalue weighted by atomic mass is 9.97. The van der Waals surface area contributed by atoms with Crippen LogP contribution in [0.5, 0.6) is 0 Å². The third-order valence-corrected chi connectivity index (χ3v) is 2.48. The molecule has 64 valence electrons. The normalized spacial score (nSPS) is 22.0. The van der Waals surface area contributed by atoms with Crippen molar-refractivity contribution in [3.63, 3.8) is 0 Å². The van der Waals surface area contributed by atoms with Gasteiger partial charge in [0.25, 0.3) is 0 Å². The summed E-state index contributed by atoms with van der Waals surface area (Å²) in [6.07, 6.45) is 1.36. The fraction of sp³-hybridized carbons (Fsp3) is 0.455. The zero-order chi connectivity index (χ0) is 8.55. The summed E-state index contributed by atoms with van der Waals surface area (Å²) in [5.41, 5.74) is 4.18. The van der Waals surface area contributed by atoms with E-state index in [2.05, 4.69) is 32.0 Å². The minimum atomic E-state index is 0.286. The van der Waals surface area contributed by atoms with Gasteiger partial charge in [0.05, 0.1) is 12.7 Å². The molecule has 1 heteroatoms. The van der Waals surface area contributed by atoms with E-state index in [1.807, 2.05) is 0 Å². The first-order chi connectivity index (χ1) is 5.77. The summed E-state index contributed by atoms with van der Waals surface area (Å²) in [5.74, 6) is 0. The second-order valence-electron chi connectivity index (χ2n) is 3.47. The molecule has 2 rings (SSSR count). The summed E-state index contributed by atoms with van der Waals surface area (Å²) in [4.78, 5) is 0. The van der Waals surface area contributed by atoms with Crippen molar-refractivity contribution in [3.05, 3.63) is 34.9 Å². The van der Waals surface area contributed by atoms with E-state index >= 15 is 0 Å². The Balaban J connectivity index is 2.46. The van der Waals surface area contributed by atoms with Gasteiger partial charge < -0.3 is 4.74 Å². The van der Waals surface area contributed by atoms with Crippen molar-refractivity contribution in [3.8, 4) is 0 Å². The average molecular weight is 162 g/mol. The summed E-state index contributed by atoms with van der Waals surface area (Å²) in [7, 11) is 0. The van der Waals surface area contributed by atoms with Crippen molar-refractivity contribution in [1.29, 1.82) is 0 Å². The zero-order valence-electron chi connectivity index (χ0n) is 7.63. The quantitative estimate of drug-likeness (QED) is 0.569. The topological polar surface area (TPSA) is 9.23 Å². The maximum Gasteiger partial charge on any atom is 0.0799 e. The average Bonchev–Trinajstić information content (AvgIpc) is 2.04. The highest BCUT2D eigenvalue weighted by atomic mass is 16.5. The predicted molar refractivity (Wildman–Crippen MR) is 49.3 cm³/mol. The molecule has 0 aliphatic carbocycles. The Morgan fingerprint density at radius 3 is 3.08 bits per heavy atom. The molecular formula is C11H14O. The molecule has 12 heavy (non-hydrogen) atoms. The molecule has 0 aromatic heterocycles. The van der Waals surface area contributed by atoms with Crippen LogP contribution in [0.2, 0.25) is 0 Å². The maximum absolute atomic E-state index is 5.54. The van der Waals surface area contributed by atoms with Gasteiger partial charge in [0.15, 0.2) is 0 Å². The van der Waals surface area contributed by atoms with E-state index in [4.69, 9.17) is 4.74 Å². The van der Waals surface area contributed by atoms with Gasteiger partial charge in [-0.25, -0.2) is 0 Å². The molecule has 0 radical (unpaired) electrons. The van der Waals surface area contributed by atoms with Crippen LogP contribution in [0, 0.1) is 6.92 Å². The first-order valence-electron chi connectivity index (χ1n) is 4.48. The van der Waals surface area contributed by atoms with Crippen molar-refractivity contribution in [2.45, 2.75) is 26.4 Å². The Morgan fingerprint density at radius 1 is 1.42 bits per heavy atom. The van der Waals surface area contributed by atoms with E-state index in [-0.39, 0.29) is 6.10 Å². The van der Waals surface area contributed by atoms with Crippen LogP contribution in [0.15, 0.2) is 18.2 Å². The van der Waals surface area contributed by atoms with Crippen LogP contribution in [0.4, 0.5) is 0 Å². The Bertz CT molecular complexity index is 291. The fourth-order valence-corrected chi connectivity index (χ4v) is 1.78. The zero-order valence-corrected chi connectivity index (χ0v) is 7.63. The monoisotopic (exact) mass is 162 g/mol. The number of aryl methyl sites for hydroxylation is 1. The molecule has 0 fully saturated rings. The minimum Gasteiger partial charge on any atom is -0.373 e. The number of fused-ring (bicyclic) bond motifs is 1. The SMILES string of the molecule is Cc1ccc2c(c1)CCOC2C. The second-order valence-corrected chi connectivity index (χ2v) is 3.47. The van der Waals surface area contributed by atoms with E-state index in [0.29, 0.717) is 0 Å². The molecule has 1 aromatic carbocycles. The first-order valence-corrected chi connectivity index (χ1v) is 4.48. The van der Waals surface area contributed by atoms with Crippen LogP contribution in [-0.4, -0.2) is 6.61 Å². The van der Waals surface area contributed by atoms with Gasteiger partial charge >= 0.3 is 0 Å².